The third-order valence-electron chi connectivity index (χ3n) is 5.26. The number of hydrogen-bond donors (Lipinski definition) is 0. The molecule has 1 aromatic carbocycles. The van der Waals surface area contributed by atoms with Crippen molar-refractivity contribution in [3.63, 3.8) is 0 Å². The Morgan fingerprint density at radius 2 is 1.96 bits per heavy atom. The van der Waals surface area contributed by atoms with Crippen molar-refractivity contribution in [2.24, 2.45) is 11.8 Å². The molecule has 25 heavy (non-hydrogen) atoms. The zero-order valence-corrected chi connectivity index (χ0v) is 16.0. The van der Waals surface area contributed by atoms with Crippen molar-refractivity contribution in [3.8, 4) is 10.4 Å². The first-order chi connectivity index (χ1) is 12.1. The van der Waals surface area contributed by atoms with Crippen LogP contribution in [0.2, 0.25) is 5.02 Å². The van der Waals surface area contributed by atoms with Crippen LogP contribution in [0.25, 0.3) is 10.4 Å². The van der Waals surface area contributed by atoms with Gasteiger partial charge in [0, 0.05) is 53.4 Å². The van der Waals surface area contributed by atoms with Gasteiger partial charge in [0.25, 0.3) is 0 Å². The predicted molar refractivity (Wildman–Crippen MR) is 104 cm³/mol. The minimum Gasteiger partial charge on any atom is -0.340 e. The van der Waals surface area contributed by atoms with Crippen LogP contribution in [0, 0.1) is 11.8 Å². The monoisotopic (exact) mass is 374 g/mol. The minimum absolute atomic E-state index is 0.309. The molecule has 2 heterocycles. The smallest absolute Gasteiger partial charge is 0.226 e. The molecule has 3 nitrogen and oxygen atoms in total. The summed E-state index contributed by atoms with van der Waals surface area (Å²) in [5, 5.41) is 0.776. The predicted octanol–water partition coefficient (Wildman–Crippen LogP) is 4.37. The van der Waals surface area contributed by atoms with Crippen LogP contribution in [0.5, 0.6) is 0 Å². The van der Waals surface area contributed by atoms with E-state index in [1.807, 2.05) is 29.5 Å². The third-order valence-corrected chi connectivity index (χ3v) is 6.62. The van der Waals surface area contributed by atoms with Crippen molar-refractivity contribution >= 4 is 28.8 Å². The zero-order chi connectivity index (χ0) is 17.4. The molecule has 1 saturated heterocycles. The van der Waals surface area contributed by atoms with E-state index in [9.17, 15) is 4.79 Å². The Hall–Kier alpha value is -1.36. The average Bonchev–Trinajstić information content (AvgIpc) is 3.16. The summed E-state index contributed by atoms with van der Waals surface area (Å²) in [5.41, 5.74) is 1.18. The lowest BCUT2D eigenvalue weighted by Gasteiger charge is -2.34. The lowest BCUT2D eigenvalue weighted by Crippen LogP contribution is -2.48. The topological polar surface area (TPSA) is 23.6 Å². The summed E-state index contributed by atoms with van der Waals surface area (Å²) in [6.07, 6.45) is 1.08. The maximum atomic E-state index is 12.3. The van der Waals surface area contributed by atoms with Gasteiger partial charge in [-0.05, 0) is 42.2 Å². The Bertz CT molecular complexity index is 767. The van der Waals surface area contributed by atoms with E-state index in [0.717, 1.165) is 44.2 Å². The number of nitrogens with zero attached hydrogens (tertiary/aromatic N) is 2. The highest BCUT2D eigenvalue weighted by Crippen LogP contribution is 2.39. The van der Waals surface area contributed by atoms with Crippen LogP contribution in [0.4, 0.5) is 0 Å². The molecule has 1 aromatic heterocycles. The van der Waals surface area contributed by atoms with E-state index >= 15 is 0 Å². The van der Waals surface area contributed by atoms with Crippen molar-refractivity contribution in [2.45, 2.75) is 19.9 Å². The third kappa shape index (κ3) is 3.91. The fourth-order valence-corrected chi connectivity index (χ4v) is 4.74. The molecule has 1 saturated carbocycles. The van der Waals surface area contributed by atoms with E-state index in [1.165, 1.54) is 15.3 Å². The second-order valence-corrected chi connectivity index (χ2v) is 8.80. The SMILES string of the molecule is CC1CC1C(=O)N1CCN(Cc2ccc(-c3cccc(Cl)c3)s2)CC1. The highest BCUT2D eigenvalue weighted by atomic mass is 35.5. The largest absolute Gasteiger partial charge is 0.340 e. The van der Waals surface area contributed by atoms with Gasteiger partial charge < -0.3 is 4.90 Å². The Labute approximate surface area is 158 Å². The Morgan fingerprint density at radius 3 is 2.64 bits per heavy atom. The maximum absolute atomic E-state index is 12.3. The van der Waals surface area contributed by atoms with Gasteiger partial charge in [-0.25, -0.2) is 0 Å². The highest BCUT2D eigenvalue weighted by Gasteiger charge is 2.41. The summed E-state index contributed by atoms with van der Waals surface area (Å²) < 4.78 is 0. The number of amides is 1. The van der Waals surface area contributed by atoms with Gasteiger partial charge in [-0.15, -0.1) is 11.3 Å². The number of halogens is 1. The van der Waals surface area contributed by atoms with E-state index in [2.05, 4.69) is 34.9 Å². The van der Waals surface area contributed by atoms with Crippen molar-refractivity contribution in [1.82, 2.24) is 9.80 Å². The quantitative estimate of drug-likeness (QED) is 0.793. The van der Waals surface area contributed by atoms with Crippen LogP contribution in [-0.4, -0.2) is 41.9 Å². The fraction of sp³-hybridized carbons (Fsp3) is 0.450. The zero-order valence-electron chi connectivity index (χ0n) is 14.5. The van der Waals surface area contributed by atoms with Crippen LogP contribution in [0.15, 0.2) is 36.4 Å². The van der Waals surface area contributed by atoms with Crippen molar-refractivity contribution in [1.29, 1.82) is 0 Å². The van der Waals surface area contributed by atoms with Crippen LogP contribution >= 0.6 is 22.9 Å². The standard InChI is InChI=1S/C20H23ClN2OS/c1-14-11-18(14)20(24)23-9-7-22(8-10-23)13-17-5-6-19(25-17)15-3-2-4-16(21)12-15/h2-6,12,14,18H,7-11,13H2,1H3. The van der Waals surface area contributed by atoms with Gasteiger partial charge in [0.1, 0.15) is 0 Å². The van der Waals surface area contributed by atoms with Crippen molar-refractivity contribution < 1.29 is 4.79 Å². The first kappa shape index (κ1) is 17.1. The highest BCUT2D eigenvalue weighted by molar-refractivity contribution is 7.15. The molecule has 0 N–H and O–H groups in total. The Kier molecular flexibility index (Phi) is 4.85. The maximum Gasteiger partial charge on any atom is 0.226 e. The molecule has 1 amide bonds. The molecular weight excluding hydrogens is 352 g/mol. The molecule has 0 radical (unpaired) electrons. The van der Waals surface area contributed by atoms with E-state index in [1.54, 1.807) is 0 Å². The number of piperazine rings is 1. The normalized spacial score (nSPS) is 23.7. The van der Waals surface area contributed by atoms with Crippen molar-refractivity contribution in [2.75, 3.05) is 26.2 Å². The van der Waals surface area contributed by atoms with Crippen LogP contribution in [0.1, 0.15) is 18.2 Å². The molecule has 1 aliphatic carbocycles. The van der Waals surface area contributed by atoms with Crippen molar-refractivity contribution in [3.05, 3.63) is 46.3 Å². The summed E-state index contributed by atoms with van der Waals surface area (Å²) in [4.78, 5) is 19.5. The second-order valence-electron chi connectivity index (χ2n) is 7.20. The molecule has 2 aliphatic rings. The lowest BCUT2D eigenvalue weighted by atomic mass is 10.2. The van der Waals surface area contributed by atoms with E-state index in [4.69, 9.17) is 11.6 Å². The Balaban J connectivity index is 1.32. The van der Waals surface area contributed by atoms with Gasteiger partial charge in [-0.2, -0.15) is 0 Å². The van der Waals surface area contributed by atoms with Gasteiger partial charge in [-0.3, -0.25) is 9.69 Å². The van der Waals surface area contributed by atoms with Gasteiger partial charge in [-0.1, -0.05) is 30.7 Å². The summed E-state index contributed by atoms with van der Waals surface area (Å²) >= 11 is 7.93. The van der Waals surface area contributed by atoms with Gasteiger partial charge in [0.05, 0.1) is 0 Å². The van der Waals surface area contributed by atoms with Gasteiger partial charge in [0.15, 0.2) is 0 Å². The summed E-state index contributed by atoms with van der Waals surface area (Å²) in [5.74, 6) is 1.29. The first-order valence-corrected chi connectivity index (χ1v) is 10.2. The lowest BCUT2D eigenvalue weighted by molar-refractivity contribution is -0.134. The molecule has 4 rings (SSSR count). The number of thiophene rings is 1. The fourth-order valence-electron chi connectivity index (χ4n) is 3.51. The summed E-state index contributed by atoms with van der Waals surface area (Å²) in [6.45, 7) is 6.82. The molecule has 132 valence electrons. The molecule has 2 atom stereocenters. The molecule has 5 heteroatoms. The number of benzene rings is 1. The molecule has 2 unspecified atom stereocenters. The van der Waals surface area contributed by atoms with Crippen LogP contribution in [0.3, 0.4) is 0 Å². The van der Waals surface area contributed by atoms with E-state index in [0.29, 0.717) is 17.7 Å². The number of hydrogen-bond acceptors (Lipinski definition) is 3. The van der Waals surface area contributed by atoms with E-state index < -0.39 is 0 Å². The van der Waals surface area contributed by atoms with Crippen LogP contribution < -0.4 is 0 Å². The first-order valence-electron chi connectivity index (χ1n) is 8.96. The Morgan fingerprint density at radius 1 is 1.20 bits per heavy atom. The molecule has 1 aliphatic heterocycles. The summed E-state index contributed by atoms with van der Waals surface area (Å²) in [6, 6.07) is 12.4. The van der Waals surface area contributed by atoms with Gasteiger partial charge >= 0.3 is 0 Å². The minimum atomic E-state index is 0.309. The number of rotatable bonds is 4. The molecule has 2 aromatic rings. The van der Waals surface area contributed by atoms with E-state index in [-0.39, 0.29) is 0 Å². The average molecular weight is 375 g/mol. The number of carbonyl (C=O) groups is 1. The molecule has 0 bridgehead atoms. The van der Waals surface area contributed by atoms with Gasteiger partial charge in [0.2, 0.25) is 5.91 Å². The molecule has 2 fully saturated rings. The second kappa shape index (κ2) is 7.10. The number of carbonyl (C=O) groups excluding carboxylic acids is 1. The van der Waals surface area contributed by atoms with Crippen LogP contribution in [-0.2, 0) is 11.3 Å². The molecule has 0 spiro atoms. The molecular formula is C20H23ClN2OS. The summed E-state index contributed by atoms with van der Waals surface area (Å²) in [7, 11) is 0.